The Morgan fingerprint density at radius 2 is 2.06 bits per heavy atom. The fourth-order valence-corrected chi connectivity index (χ4v) is 2.01. The van der Waals surface area contributed by atoms with E-state index in [0.29, 0.717) is 10.7 Å². The maximum atomic E-state index is 11.7. The Hall–Kier alpha value is -1.31. The van der Waals surface area contributed by atoms with E-state index < -0.39 is 15.9 Å². The van der Waals surface area contributed by atoms with Gasteiger partial charge in [0.2, 0.25) is 10.0 Å². The zero-order valence-corrected chi connectivity index (χ0v) is 11.1. The molecule has 100 valence electrons. The summed E-state index contributed by atoms with van der Waals surface area (Å²) in [6, 6.07) is 4.56. The number of nitrogens with one attached hydrogen (secondary N) is 1. The molecule has 1 aromatic rings. The number of carbonyl (C=O) groups excluding carboxylic acids is 1. The van der Waals surface area contributed by atoms with Crippen LogP contribution in [0, 0.1) is 0 Å². The van der Waals surface area contributed by atoms with Gasteiger partial charge >= 0.3 is 0 Å². The average molecular weight is 292 g/mol. The molecule has 0 radical (unpaired) electrons. The molecule has 0 fully saturated rings. The first-order valence-corrected chi connectivity index (χ1v) is 7.22. The fourth-order valence-electron chi connectivity index (χ4n) is 1.30. The van der Waals surface area contributed by atoms with Crippen LogP contribution < -0.4 is 16.2 Å². The maximum Gasteiger partial charge on any atom is 0.253 e. The van der Waals surface area contributed by atoms with Gasteiger partial charge in [0.05, 0.1) is 11.3 Å². The third-order valence-corrected chi connectivity index (χ3v) is 3.24. The third kappa shape index (κ3) is 4.91. The molecule has 0 saturated carbocycles. The van der Waals surface area contributed by atoms with E-state index in [1.807, 2.05) is 0 Å². The van der Waals surface area contributed by atoms with Gasteiger partial charge < -0.3 is 11.1 Å². The predicted octanol–water partition coefficient (Wildman–Crippen LogP) is 0.331. The van der Waals surface area contributed by atoms with Crippen molar-refractivity contribution in [3.63, 3.8) is 0 Å². The molecule has 6 nitrogen and oxygen atoms in total. The SMILES string of the molecule is Nc1ccc(Cl)cc1C(=O)NCCCS(N)(=O)=O. The molecule has 0 atom stereocenters. The Bertz CT molecular complexity index is 545. The van der Waals surface area contributed by atoms with E-state index >= 15 is 0 Å². The summed E-state index contributed by atoms with van der Waals surface area (Å²) in [5, 5.41) is 7.77. The Labute approximate surface area is 110 Å². The number of rotatable bonds is 5. The number of nitrogens with two attached hydrogens (primary N) is 2. The lowest BCUT2D eigenvalue weighted by Gasteiger charge is -2.07. The van der Waals surface area contributed by atoms with Crippen molar-refractivity contribution < 1.29 is 13.2 Å². The van der Waals surface area contributed by atoms with Crippen LogP contribution in [0.25, 0.3) is 0 Å². The van der Waals surface area contributed by atoms with Crippen molar-refractivity contribution in [2.75, 3.05) is 18.0 Å². The second-order valence-corrected chi connectivity index (χ2v) is 5.88. The first-order valence-electron chi connectivity index (χ1n) is 5.13. The molecule has 0 aromatic heterocycles. The van der Waals surface area contributed by atoms with E-state index in [2.05, 4.69) is 5.32 Å². The molecule has 0 heterocycles. The minimum atomic E-state index is -3.50. The number of primary sulfonamides is 1. The van der Waals surface area contributed by atoms with E-state index in [1.54, 1.807) is 6.07 Å². The highest BCUT2D eigenvalue weighted by Crippen LogP contribution is 2.17. The lowest BCUT2D eigenvalue weighted by molar-refractivity contribution is 0.0954. The number of hydrogen-bond donors (Lipinski definition) is 3. The summed E-state index contributed by atoms with van der Waals surface area (Å²) >= 11 is 5.75. The van der Waals surface area contributed by atoms with Crippen LogP contribution in [0.1, 0.15) is 16.8 Å². The Balaban J connectivity index is 2.53. The summed E-state index contributed by atoms with van der Waals surface area (Å²) in [7, 11) is -3.50. The van der Waals surface area contributed by atoms with Gasteiger partial charge in [0.25, 0.3) is 5.91 Å². The van der Waals surface area contributed by atoms with Crippen molar-refractivity contribution in [1.29, 1.82) is 0 Å². The molecule has 0 aliphatic heterocycles. The second-order valence-electron chi connectivity index (χ2n) is 3.71. The van der Waals surface area contributed by atoms with Gasteiger partial charge in [-0.25, -0.2) is 13.6 Å². The van der Waals surface area contributed by atoms with Crippen molar-refractivity contribution >= 4 is 33.2 Å². The predicted molar refractivity (Wildman–Crippen MR) is 70.8 cm³/mol. The van der Waals surface area contributed by atoms with Gasteiger partial charge in [-0.15, -0.1) is 0 Å². The minimum Gasteiger partial charge on any atom is -0.398 e. The van der Waals surface area contributed by atoms with Crippen LogP contribution in [0.4, 0.5) is 5.69 Å². The zero-order chi connectivity index (χ0) is 13.8. The molecule has 18 heavy (non-hydrogen) atoms. The Morgan fingerprint density at radius 1 is 1.39 bits per heavy atom. The highest BCUT2D eigenvalue weighted by Gasteiger charge is 2.10. The third-order valence-electron chi connectivity index (χ3n) is 2.15. The van der Waals surface area contributed by atoms with Crippen LogP contribution in [-0.4, -0.2) is 26.6 Å². The number of halogens is 1. The zero-order valence-electron chi connectivity index (χ0n) is 9.52. The van der Waals surface area contributed by atoms with Gasteiger partial charge in [-0.1, -0.05) is 11.6 Å². The average Bonchev–Trinajstić information content (AvgIpc) is 2.26. The highest BCUT2D eigenvalue weighted by atomic mass is 35.5. The summed E-state index contributed by atoms with van der Waals surface area (Å²) < 4.78 is 21.3. The van der Waals surface area contributed by atoms with Crippen LogP contribution >= 0.6 is 11.6 Å². The normalized spacial score (nSPS) is 11.2. The quantitative estimate of drug-likeness (QED) is 0.535. The Morgan fingerprint density at radius 3 is 2.67 bits per heavy atom. The summed E-state index contributed by atoms with van der Waals surface area (Å²) in [5.41, 5.74) is 6.20. The molecule has 0 spiro atoms. The highest BCUT2D eigenvalue weighted by molar-refractivity contribution is 7.89. The van der Waals surface area contributed by atoms with E-state index in [0.717, 1.165) is 0 Å². The monoisotopic (exact) mass is 291 g/mol. The number of sulfonamides is 1. The van der Waals surface area contributed by atoms with Crippen LogP contribution in [0.3, 0.4) is 0 Å². The first-order chi connectivity index (χ1) is 8.29. The number of nitrogen functional groups attached to an aromatic ring is 1. The number of anilines is 1. The fraction of sp³-hybridized carbons (Fsp3) is 0.300. The van der Waals surface area contributed by atoms with E-state index in [9.17, 15) is 13.2 Å². The molecule has 0 bridgehead atoms. The molecule has 5 N–H and O–H groups in total. The topological polar surface area (TPSA) is 115 Å². The molecule has 0 saturated heterocycles. The van der Waals surface area contributed by atoms with Gasteiger partial charge in [-0.05, 0) is 24.6 Å². The van der Waals surface area contributed by atoms with Gasteiger partial charge in [0, 0.05) is 17.3 Å². The van der Waals surface area contributed by atoms with Crippen molar-refractivity contribution in [1.82, 2.24) is 5.32 Å². The largest absolute Gasteiger partial charge is 0.398 e. The molecule has 0 aliphatic rings. The lowest BCUT2D eigenvalue weighted by atomic mass is 10.1. The summed E-state index contributed by atoms with van der Waals surface area (Å²) in [6.45, 7) is 0.196. The molecule has 0 aliphatic carbocycles. The molecule has 8 heteroatoms. The van der Waals surface area contributed by atoms with E-state index in [4.69, 9.17) is 22.5 Å². The molecular formula is C10H14ClN3O3S. The van der Waals surface area contributed by atoms with Gasteiger partial charge in [0.1, 0.15) is 0 Å². The van der Waals surface area contributed by atoms with Crippen molar-refractivity contribution in [2.24, 2.45) is 5.14 Å². The molecule has 1 rings (SSSR count). The number of carbonyl (C=O) groups is 1. The minimum absolute atomic E-state index is 0.182. The van der Waals surface area contributed by atoms with Crippen LogP contribution in [0.5, 0.6) is 0 Å². The maximum absolute atomic E-state index is 11.7. The smallest absolute Gasteiger partial charge is 0.253 e. The number of benzene rings is 1. The van der Waals surface area contributed by atoms with Crippen LogP contribution in [0.2, 0.25) is 5.02 Å². The molecule has 1 aromatic carbocycles. The molecule has 0 unspecified atom stereocenters. The van der Waals surface area contributed by atoms with Crippen molar-refractivity contribution in [3.8, 4) is 0 Å². The lowest BCUT2D eigenvalue weighted by Crippen LogP contribution is -2.27. The van der Waals surface area contributed by atoms with E-state index in [1.165, 1.54) is 12.1 Å². The van der Waals surface area contributed by atoms with Gasteiger partial charge in [0.15, 0.2) is 0 Å². The molecular weight excluding hydrogens is 278 g/mol. The van der Waals surface area contributed by atoms with Crippen molar-refractivity contribution in [2.45, 2.75) is 6.42 Å². The summed E-state index contributed by atoms with van der Waals surface area (Å²) in [4.78, 5) is 11.7. The van der Waals surface area contributed by atoms with E-state index in [-0.39, 0.29) is 24.3 Å². The van der Waals surface area contributed by atoms with Crippen molar-refractivity contribution in [3.05, 3.63) is 28.8 Å². The number of hydrogen-bond acceptors (Lipinski definition) is 4. The second kappa shape index (κ2) is 6.03. The van der Waals surface area contributed by atoms with Crippen LogP contribution in [0.15, 0.2) is 18.2 Å². The van der Waals surface area contributed by atoms with Gasteiger partial charge in [-0.3, -0.25) is 4.79 Å². The first kappa shape index (κ1) is 14.7. The summed E-state index contributed by atoms with van der Waals surface area (Å²) in [6.07, 6.45) is 0.241. The molecule has 1 amide bonds. The van der Waals surface area contributed by atoms with Crippen LogP contribution in [-0.2, 0) is 10.0 Å². The summed E-state index contributed by atoms with van der Waals surface area (Å²) in [5.74, 6) is -0.581. The van der Waals surface area contributed by atoms with Gasteiger partial charge in [-0.2, -0.15) is 0 Å². The number of amides is 1. The Kier molecular flexibility index (Phi) is 4.94. The standard InChI is InChI=1S/C10H14ClN3O3S/c11-7-2-3-9(12)8(6-7)10(15)14-4-1-5-18(13,16)17/h2-3,6H,1,4-5,12H2,(H,14,15)(H2,13,16,17).